The molecule has 0 aromatic heterocycles. The molecule has 0 heterocycles. The highest BCUT2D eigenvalue weighted by atomic mass is 79.9. The molecule has 1 rings (SSSR count). The van der Waals surface area contributed by atoms with Crippen LogP contribution < -0.4 is 5.32 Å². The van der Waals surface area contributed by atoms with E-state index in [1.807, 2.05) is 0 Å². The smallest absolute Gasteiger partial charge is 0.323 e. The quantitative estimate of drug-likeness (QED) is 0.748. The van der Waals surface area contributed by atoms with Gasteiger partial charge in [0.1, 0.15) is 6.04 Å². The van der Waals surface area contributed by atoms with Crippen LogP contribution in [0.3, 0.4) is 0 Å². The number of halogens is 1. The highest BCUT2D eigenvalue weighted by molar-refractivity contribution is 9.11. The second kappa shape index (κ2) is 4.77. The zero-order chi connectivity index (χ0) is 9.84. The van der Waals surface area contributed by atoms with Gasteiger partial charge in [-0.05, 0) is 18.8 Å². The summed E-state index contributed by atoms with van der Waals surface area (Å²) in [6, 6.07) is -0.153. The lowest BCUT2D eigenvalue weighted by molar-refractivity contribution is -0.143. The predicted molar refractivity (Wildman–Crippen MR) is 54.6 cm³/mol. The minimum atomic E-state index is -0.170. The van der Waals surface area contributed by atoms with Gasteiger partial charge in [0.25, 0.3) is 0 Å². The fourth-order valence-corrected chi connectivity index (χ4v) is 1.38. The van der Waals surface area contributed by atoms with E-state index < -0.39 is 0 Å². The topological polar surface area (TPSA) is 38.3 Å². The SMILES string of the molecule is C=C(Br)CNC(C(=O)OC)C1CC1. The Balaban J connectivity index is 2.38. The van der Waals surface area contributed by atoms with Gasteiger partial charge in [-0.2, -0.15) is 0 Å². The Hall–Kier alpha value is -0.350. The summed E-state index contributed by atoms with van der Waals surface area (Å²) in [7, 11) is 1.42. The lowest BCUT2D eigenvalue weighted by Crippen LogP contribution is -2.39. The Morgan fingerprint density at radius 3 is 2.77 bits per heavy atom. The summed E-state index contributed by atoms with van der Waals surface area (Å²) in [5, 5.41) is 3.11. The van der Waals surface area contributed by atoms with Crippen molar-refractivity contribution in [2.24, 2.45) is 5.92 Å². The molecule has 1 atom stereocenters. The van der Waals surface area contributed by atoms with Gasteiger partial charge in [-0.15, -0.1) is 0 Å². The summed E-state index contributed by atoms with van der Waals surface area (Å²) in [5.41, 5.74) is 0. The Bertz CT molecular complexity index is 214. The van der Waals surface area contributed by atoms with Crippen molar-refractivity contribution in [1.82, 2.24) is 5.32 Å². The molecule has 0 radical (unpaired) electrons. The molecule has 0 spiro atoms. The third kappa shape index (κ3) is 3.48. The van der Waals surface area contributed by atoms with Crippen molar-refractivity contribution >= 4 is 21.9 Å². The van der Waals surface area contributed by atoms with Gasteiger partial charge in [0, 0.05) is 11.0 Å². The van der Waals surface area contributed by atoms with E-state index in [-0.39, 0.29) is 12.0 Å². The van der Waals surface area contributed by atoms with E-state index in [0.29, 0.717) is 12.5 Å². The number of carbonyl (C=O) groups excluding carboxylic acids is 1. The van der Waals surface area contributed by atoms with Gasteiger partial charge in [-0.3, -0.25) is 10.1 Å². The zero-order valence-corrected chi connectivity index (χ0v) is 9.26. The molecule has 13 heavy (non-hydrogen) atoms. The number of ether oxygens (including phenoxy) is 1. The summed E-state index contributed by atoms with van der Waals surface area (Å²) in [6.45, 7) is 4.30. The van der Waals surface area contributed by atoms with Crippen molar-refractivity contribution in [1.29, 1.82) is 0 Å². The van der Waals surface area contributed by atoms with E-state index in [1.54, 1.807) is 0 Å². The van der Waals surface area contributed by atoms with Gasteiger partial charge in [-0.1, -0.05) is 22.5 Å². The molecule has 74 valence electrons. The molecule has 1 saturated carbocycles. The van der Waals surface area contributed by atoms with Crippen LogP contribution in [0.4, 0.5) is 0 Å². The Morgan fingerprint density at radius 2 is 2.38 bits per heavy atom. The number of hydrogen-bond acceptors (Lipinski definition) is 3. The molecule has 0 saturated heterocycles. The van der Waals surface area contributed by atoms with Crippen molar-refractivity contribution in [3.63, 3.8) is 0 Å². The fraction of sp³-hybridized carbons (Fsp3) is 0.667. The Labute approximate surface area is 86.7 Å². The first kappa shape index (κ1) is 10.7. The number of hydrogen-bond donors (Lipinski definition) is 1. The van der Waals surface area contributed by atoms with Crippen LogP contribution in [0.2, 0.25) is 0 Å². The van der Waals surface area contributed by atoms with Crippen LogP contribution in [0.1, 0.15) is 12.8 Å². The predicted octanol–water partition coefficient (Wildman–Crippen LogP) is 1.44. The maximum absolute atomic E-state index is 11.3. The maximum Gasteiger partial charge on any atom is 0.323 e. The van der Waals surface area contributed by atoms with E-state index in [2.05, 4.69) is 27.8 Å². The summed E-state index contributed by atoms with van der Waals surface area (Å²) in [4.78, 5) is 11.3. The second-order valence-electron chi connectivity index (χ2n) is 3.24. The third-order valence-electron chi connectivity index (χ3n) is 2.06. The summed E-state index contributed by atoms with van der Waals surface area (Å²) < 4.78 is 5.55. The van der Waals surface area contributed by atoms with Crippen LogP contribution in [0.25, 0.3) is 0 Å². The van der Waals surface area contributed by atoms with Crippen molar-refractivity contribution in [2.75, 3.05) is 13.7 Å². The molecule has 1 unspecified atom stereocenters. The van der Waals surface area contributed by atoms with Gasteiger partial charge in [0.2, 0.25) is 0 Å². The van der Waals surface area contributed by atoms with Gasteiger partial charge >= 0.3 is 5.97 Å². The summed E-state index contributed by atoms with van der Waals surface area (Å²) in [6.07, 6.45) is 2.23. The summed E-state index contributed by atoms with van der Waals surface area (Å²) in [5.74, 6) is 0.288. The molecule has 0 aromatic carbocycles. The number of nitrogens with one attached hydrogen (secondary N) is 1. The number of methoxy groups -OCH3 is 1. The largest absolute Gasteiger partial charge is 0.468 e. The minimum Gasteiger partial charge on any atom is -0.468 e. The van der Waals surface area contributed by atoms with Gasteiger partial charge < -0.3 is 4.74 Å². The molecule has 1 N–H and O–H groups in total. The molecule has 0 amide bonds. The maximum atomic E-state index is 11.3. The van der Waals surface area contributed by atoms with Gasteiger partial charge in [-0.25, -0.2) is 0 Å². The van der Waals surface area contributed by atoms with Crippen LogP contribution in [0.15, 0.2) is 11.1 Å². The van der Waals surface area contributed by atoms with E-state index >= 15 is 0 Å². The van der Waals surface area contributed by atoms with Crippen LogP contribution >= 0.6 is 15.9 Å². The molecule has 0 bridgehead atoms. The van der Waals surface area contributed by atoms with E-state index in [4.69, 9.17) is 4.74 Å². The third-order valence-corrected chi connectivity index (χ3v) is 2.34. The van der Waals surface area contributed by atoms with Crippen molar-refractivity contribution < 1.29 is 9.53 Å². The lowest BCUT2D eigenvalue weighted by atomic mass is 10.2. The molecule has 0 aliphatic heterocycles. The van der Waals surface area contributed by atoms with E-state index in [1.165, 1.54) is 7.11 Å². The van der Waals surface area contributed by atoms with Crippen molar-refractivity contribution in [3.05, 3.63) is 11.1 Å². The zero-order valence-electron chi connectivity index (χ0n) is 7.68. The molecule has 0 aromatic rings. The molecule has 4 heteroatoms. The first-order valence-electron chi connectivity index (χ1n) is 4.29. The summed E-state index contributed by atoms with van der Waals surface area (Å²) >= 11 is 3.23. The Morgan fingerprint density at radius 1 is 1.77 bits per heavy atom. The van der Waals surface area contributed by atoms with Gasteiger partial charge in [0.05, 0.1) is 7.11 Å². The molecule has 3 nitrogen and oxygen atoms in total. The molecule has 1 aliphatic rings. The van der Waals surface area contributed by atoms with Crippen LogP contribution in [-0.2, 0) is 9.53 Å². The fourth-order valence-electron chi connectivity index (χ4n) is 1.22. The standard InChI is InChI=1S/C9H14BrNO2/c1-6(10)5-11-8(7-3-4-7)9(12)13-2/h7-8,11H,1,3-5H2,2H3. The molecule has 1 fully saturated rings. The average molecular weight is 248 g/mol. The van der Waals surface area contributed by atoms with Crippen molar-refractivity contribution in [3.8, 4) is 0 Å². The lowest BCUT2D eigenvalue weighted by Gasteiger charge is -2.14. The monoisotopic (exact) mass is 247 g/mol. The average Bonchev–Trinajstić information content (AvgIpc) is 2.87. The van der Waals surface area contributed by atoms with Crippen LogP contribution in [0, 0.1) is 5.92 Å². The normalized spacial score (nSPS) is 18.0. The minimum absolute atomic E-state index is 0.153. The van der Waals surface area contributed by atoms with E-state index in [0.717, 1.165) is 17.3 Å². The Kier molecular flexibility index (Phi) is 3.93. The van der Waals surface area contributed by atoms with Crippen molar-refractivity contribution in [2.45, 2.75) is 18.9 Å². The number of rotatable bonds is 5. The second-order valence-corrected chi connectivity index (χ2v) is 4.36. The first-order valence-corrected chi connectivity index (χ1v) is 5.09. The molecule has 1 aliphatic carbocycles. The highest BCUT2D eigenvalue weighted by Gasteiger charge is 2.36. The van der Waals surface area contributed by atoms with Crippen LogP contribution in [-0.4, -0.2) is 25.7 Å². The molecular weight excluding hydrogens is 234 g/mol. The first-order chi connectivity index (χ1) is 6.15. The highest BCUT2D eigenvalue weighted by Crippen LogP contribution is 2.33. The number of esters is 1. The van der Waals surface area contributed by atoms with E-state index in [9.17, 15) is 4.79 Å². The number of carbonyl (C=O) groups is 1. The van der Waals surface area contributed by atoms with Gasteiger partial charge in [0.15, 0.2) is 0 Å². The van der Waals surface area contributed by atoms with Crippen LogP contribution in [0.5, 0.6) is 0 Å². The molecular formula is C9H14BrNO2.